The number of imidazole rings is 1. The van der Waals surface area contributed by atoms with Gasteiger partial charge in [0.2, 0.25) is 10.0 Å². The molecule has 0 saturated heterocycles. The molecule has 1 aliphatic carbocycles. The second-order valence-electron chi connectivity index (χ2n) is 6.17. The van der Waals surface area contributed by atoms with E-state index in [4.69, 9.17) is 0 Å². The van der Waals surface area contributed by atoms with E-state index in [2.05, 4.69) is 9.71 Å². The average Bonchev–Trinajstić information content (AvgIpc) is 2.97. The molecular formula is C14H25N3O2S. The molecule has 1 N–H and O–H groups in total. The molecule has 1 aliphatic rings. The lowest BCUT2D eigenvalue weighted by atomic mass is 10.1. The first-order chi connectivity index (χ1) is 9.39. The van der Waals surface area contributed by atoms with E-state index in [9.17, 15) is 8.42 Å². The highest BCUT2D eigenvalue weighted by Crippen LogP contribution is 2.27. The number of sulfonamides is 1. The van der Waals surface area contributed by atoms with E-state index < -0.39 is 10.0 Å². The Balaban J connectivity index is 2.09. The standard InChI is InChI=1S/C14H25N3O2S/c1-11(2)13(14-15-8-9-17(14)3)16-20(18,19)10-12-6-4-5-7-12/h8-9,11-13,16H,4-7,10H2,1-3H3. The fraction of sp³-hybridized carbons (Fsp3) is 0.786. The van der Waals surface area contributed by atoms with Crippen LogP contribution in [0.4, 0.5) is 0 Å². The van der Waals surface area contributed by atoms with Crippen LogP contribution in [0.25, 0.3) is 0 Å². The predicted octanol–water partition coefficient (Wildman–Crippen LogP) is 2.23. The van der Waals surface area contributed by atoms with Gasteiger partial charge < -0.3 is 4.57 Å². The molecule has 0 bridgehead atoms. The Morgan fingerprint density at radius 1 is 1.40 bits per heavy atom. The first kappa shape index (κ1) is 15.5. The van der Waals surface area contributed by atoms with Crippen molar-refractivity contribution in [1.82, 2.24) is 14.3 Å². The van der Waals surface area contributed by atoms with Gasteiger partial charge in [0.1, 0.15) is 5.82 Å². The van der Waals surface area contributed by atoms with Crippen LogP contribution in [0.3, 0.4) is 0 Å². The summed E-state index contributed by atoms with van der Waals surface area (Å²) in [6.07, 6.45) is 7.94. The summed E-state index contributed by atoms with van der Waals surface area (Å²) in [6, 6.07) is -0.263. The van der Waals surface area contributed by atoms with Gasteiger partial charge in [-0.1, -0.05) is 26.7 Å². The van der Waals surface area contributed by atoms with Crippen LogP contribution in [0.5, 0.6) is 0 Å². The van der Waals surface area contributed by atoms with Gasteiger partial charge in [0, 0.05) is 19.4 Å². The van der Waals surface area contributed by atoms with E-state index in [0.29, 0.717) is 5.92 Å². The molecule has 1 atom stereocenters. The van der Waals surface area contributed by atoms with Gasteiger partial charge in [-0.3, -0.25) is 0 Å². The molecule has 1 aromatic rings. The zero-order valence-corrected chi connectivity index (χ0v) is 13.4. The van der Waals surface area contributed by atoms with Gasteiger partial charge in [-0.2, -0.15) is 0 Å². The lowest BCUT2D eigenvalue weighted by Crippen LogP contribution is -2.36. The zero-order valence-electron chi connectivity index (χ0n) is 12.5. The normalized spacial score (nSPS) is 18.8. The number of aromatic nitrogens is 2. The first-order valence-electron chi connectivity index (χ1n) is 7.36. The van der Waals surface area contributed by atoms with Crippen molar-refractivity contribution in [2.75, 3.05) is 5.75 Å². The van der Waals surface area contributed by atoms with E-state index in [-0.39, 0.29) is 17.7 Å². The molecule has 114 valence electrons. The Kier molecular flexibility index (Phi) is 4.86. The van der Waals surface area contributed by atoms with Gasteiger partial charge in [0.15, 0.2) is 0 Å². The highest BCUT2D eigenvalue weighted by molar-refractivity contribution is 7.89. The smallest absolute Gasteiger partial charge is 0.212 e. The van der Waals surface area contributed by atoms with Gasteiger partial charge in [-0.25, -0.2) is 18.1 Å². The van der Waals surface area contributed by atoms with Crippen molar-refractivity contribution in [1.29, 1.82) is 0 Å². The largest absolute Gasteiger partial charge is 0.337 e. The van der Waals surface area contributed by atoms with Gasteiger partial charge >= 0.3 is 0 Å². The summed E-state index contributed by atoms with van der Waals surface area (Å²) >= 11 is 0. The summed E-state index contributed by atoms with van der Waals surface area (Å²) in [4.78, 5) is 4.29. The van der Waals surface area contributed by atoms with Crippen molar-refractivity contribution < 1.29 is 8.42 Å². The molecule has 5 nitrogen and oxygen atoms in total. The predicted molar refractivity (Wildman–Crippen MR) is 79.7 cm³/mol. The minimum Gasteiger partial charge on any atom is -0.337 e. The molecule has 0 radical (unpaired) electrons. The van der Waals surface area contributed by atoms with Crippen LogP contribution in [0.1, 0.15) is 51.4 Å². The summed E-state index contributed by atoms with van der Waals surface area (Å²) in [5.41, 5.74) is 0. The Bertz CT molecular complexity index is 530. The molecule has 6 heteroatoms. The molecule has 1 aromatic heterocycles. The van der Waals surface area contributed by atoms with Crippen molar-refractivity contribution in [3.05, 3.63) is 18.2 Å². The van der Waals surface area contributed by atoms with Crippen LogP contribution >= 0.6 is 0 Å². The van der Waals surface area contributed by atoms with Crippen molar-refractivity contribution in [2.24, 2.45) is 18.9 Å². The lowest BCUT2D eigenvalue weighted by molar-refractivity contribution is 0.431. The first-order valence-corrected chi connectivity index (χ1v) is 9.01. The summed E-state index contributed by atoms with van der Waals surface area (Å²) in [5.74, 6) is 1.51. The van der Waals surface area contributed by atoms with Crippen LogP contribution in [-0.4, -0.2) is 23.7 Å². The van der Waals surface area contributed by atoms with Gasteiger partial charge in [0.25, 0.3) is 0 Å². The zero-order chi connectivity index (χ0) is 14.8. The maximum absolute atomic E-state index is 12.4. The summed E-state index contributed by atoms with van der Waals surface area (Å²) in [5, 5.41) is 0. The SMILES string of the molecule is CC(C)C(NS(=O)(=O)CC1CCCC1)c1nccn1C. The van der Waals surface area contributed by atoms with Crippen LogP contribution in [-0.2, 0) is 17.1 Å². The summed E-state index contributed by atoms with van der Waals surface area (Å²) < 4.78 is 29.4. The third kappa shape index (κ3) is 3.82. The number of aryl methyl sites for hydroxylation is 1. The maximum atomic E-state index is 12.4. The van der Waals surface area contributed by atoms with Crippen LogP contribution in [0.2, 0.25) is 0 Å². The van der Waals surface area contributed by atoms with Crippen LogP contribution in [0, 0.1) is 11.8 Å². The van der Waals surface area contributed by atoms with Crippen LogP contribution < -0.4 is 4.72 Å². The van der Waals surface area contributed by atoms with Crippen LogP contribution in [0.15, 0.2) is 12.4 Å². The van der Waals surface area contributed by atoms with Gasteiger partial charge in [-0.15, -0.1) is 0 Å². The van der Waals surface area contributed by atoms with E-state index >= 15 is 0 Å². The maximum Gasteiger partial charge on any atom is 0.212 e. The topological polar surface area (TPSA) is 64.0 Å². The van der Waals surface area contributed by atoms with E-state index in [1.807, 2.05) is 31.7 Å². The fourth-order valence-electron chi connectivity index (χ4n) is 2.89. The summed E-state index contributed by atoms with van der Waals surface area (Å²) in [6.45, 7) is 4.02. The monoisotopic (exact) mass is 299 g/mol. The number of hydrogen-bond donors (Lipinski definition) is 1. The van der Waals surface area contributed by atoms with E-state index in [1.165, 1.54) is 0 Å². The minimum absolute atomic E-state index is 0.162. The highest BCUT2D eigenvalue weighted by Gasteiger charge is 2.28. The van der Waals surface area contributed by atoms with E-state index in [1.54, 1.807) is 6.20 Å². The molecule has 1 heterocycles. The second kappa shape index (κ2) is 6.26. The number of rotatable bonds is 6. The molecule has 20 heavy (non-hydrogen) atoms. The third-order valence-electron chi connectivity index (χ3n) is 4.04. The number of hydrogen-bond acceptors (Lipinski definition) is 3. The average molecular weight is 299 g/mol. The Morgan fingerprint density at radius 3 is 2.55 bits per heavy atom. The van der Waals surface area contributed by atoms with Crippen molar-refractivity contribution in [3.8, 4) is 0 Å². The summed E-state index contributed by atoms with van der Waals surface area (Å²) in [7, 11) is -1.36. The van der Waals surface area contributed by atoms with E-state index in [0.717, 1.165) is 31.5 Å². The van der Waals surface area contributed by atoms with Crippen molar-refractivity contribution in [2.45, 2.75) is 45.6 Å². The molecule has 2 rings (SSSR count). The Hall–Kier alpha value is -0.880. The lowest BCUT2D eigenvalue weighted by Gasteiger charge is -2.23. The van der Waals surface area contributed by atoms with Gasteiger partial charge in [-0.05, 0) is 24.7 Å². The molecule has 0 aliphatic heterocycles. The molecule has 1 saturated carbocycles. The Labute approximate surface area is 121 Å². The molecule has 0 amide bonds. The highest BCUT2D eigenvalue weighted by atomic mass is 32.2. The second-order valence-corrected chi connectivity index (χ2v) is 7.97. The van der Waals surface area contributed by atoms with Crippen molar-refractivity contribution in [3.63, 3.8) is 0 Å². The molecule has 0 aromatic carbocycles. The molecule has 0 spiro atoms. The number of nitrogens with one attached hydrogen (secondary N) is 1. The quantitative estimate of drug-likeness (QED) is 0.876. The molecular weight excluding hydrogens is 274 g/mol. The Morgan fingerprint density at radius 2 is 2.05 bits per heavy atom. The molecule has 1 unspecified atom stereocenters. The molecule has 1 fully saturated rings. The van der Waals surface area contributed by atoms with Crippen molar-refractivity contribution >= 4 is 10.0 Å². The van der Waals surface area contributed by atoms with Gasteiger partial charge in [0.05, 0.1) is 11.8 Å². The minimum atomic E-state index is -3.26. The third-order valence-corrected chi connectivity index (χ3v) is 5.56. The fourth-order valence-corrected chi connectivity index (χ4v) is 4.71. The number of nitrogens with zero attached hydrogens (tertiary/aromatic N) is 2.